The highest BCUT2D eigenvalue weighted by atomic mass is 32.1. The van der Waals surface area contributed by atoms with Crippen LogP contribution in [0.1, 0.15) is 16.0 Å². The lowest BCUT2D eigenvalue weighted by atomic mass is 10.2. The number of benzene rings is 1. The Bertz CT molecular complexity index is 592. The molecule has 0 amide bonds. The first kappa shape index (κ1) is 14.6. The van der Waals surface area contributed by atoms with Gasteiger partial charge in [-0.05, 0) is 30.0 Å². The number of hydrogen-bond donors (Lipinski definition) is 2. The van der Waals surface area contributed by atoms with Crippen LogP contribution in [0, 0.1) is 6.92 Å². The minimum atomic E-state index is 0.418. The maximum atomic E-state index is 5.94. The normalized spacial score (nSPS) is 11.6. The van der Waals surface area contributed by atoms with Crippen LogP contribution in [-0.4, -0.2) is 13.1 Å². The van der Waals surface area contributed by atoms with E-state index in [2.05, 4.69) is 28.7 Å². The predicted molar refractivity (Wildman–Crippen MR) is 85.2 cm³/mol. The number of thiophene rings is 1. The van der Waals surface area contributed by atoms with E-state index in [0.29, 0.717) is 19.1 Å². The summed E-state index contributed by atoms with van der Waals surface area (Å²) in [6.07, 6.45) is 0. The lowest BCUT2D eigenvalue weighted by Gasteiger charge is -2.10. The van der Waals surface area contributed by atoms with Crippen LogP contribution in [0.3, 0.4) is 0 Å². The Morgan fingerprint density at radius 1 is 1.35 bits per heavy atom. The van der Waals surface area contributed by atoms with Crippen molar-refractivity contribution in [2.75, 3.05) is 12.4 Å². The van der Waals surface area contributed by atoms with Gasteiger partial charge in [0.1, 0.15) is 0 Å². The summed E-state index contributed by atoms with van der Waals surface area (Å²) >= 11 is 1.70. The molecule has 0 saturated carbocycles. The molecule has 5 heteroatoms. The number of aryl methyl sites for hydroxylation is 1. The number of aliphatic imine (C=N–C) groups is 1. The van der Waals surface area contributed by atoms with Crippen LogP contribution < -0.4 is 11.1 Å². The van der Waals surface area contributed by atoms with E-state index in [1.54, 1.807) is 18.4 Å². The number of nitrogens with one attached hydrogen (secondary N) is 1. The third-order valence-electron chi connectivity index (χ3n) is 2.94. The monoisotopic (exact) mass is 289 g/mol. The first-order chi connectivity index (χ1) is 9.70. The molecule has 2 aromatic rings. The van der Waals surface area contributed by atoms with Crippen LogP contribution >= 0.6 is 11.3 Å². The number of rotatable bonds is 5. The number of hydrogen-bond acceptors (Lipinski definition) is 3. The van der Waals surface area contributed by atoms with Gasteiger partial charge >= 0.3 is 0 Å². The molecule has 0 aliphatic carbocycles. The smallest absolute Gasteiger partial charge is 0.193 e. The summed E-state index contributed by atoms with van der Waals surface area (Å²) in [5.74, 6) is 0.418. The van der Waals surface area contributed by atoms with E-state index in [0.717, 1.165) is 11.3 Å². The van der Waals surface area contributed by atoms with Crippen LogP contribution in [-0.2, 0) is 17.9 Å². The summed E-state index contributed by atoms with van der Waals surface area (Å²) in [4.78, 5) is 5.61. The summed E-state index contributed by atoms with van der Waals surface area (Å²) in [6, 6.07) is 9.99. The molecule has 0 aliphatic rings. The fraction of sp³-hybridized carbons (Fsp3) is 0.267. The number of anilines is 1. The fourth-order valence-electron chi connectivity index (χ4n) is 1.82. The summed E-state index contributed by atoms with van der Waals surface area (Å²) in [7, 11) is 1.67. The first-order valence-corrected chi connectivity index (χ1v) is 7.25. The first-order valence-electron chi connectivity index (χ1n) is 6.37. The third-order valence-corrected chi connectivity index (χ3v) is 3.95. The van der Waals surface area contributed by atoms with Crippen molar-refractivity contribution in [3.8, 4) is 0 Å². The van der Waals surface area contributed by atoms with Crippen LogP contribution in [0.25, 0.3) is 0 Å². The molecule has 0 saturated heterocycles. The Hall–Kier alpha value is -1.85. The standard InChI is InChI=1S/C15H19N3OS/c1-11-7-8-20-14(11)9-17-15(16)18-13-6-4-3-5-12(13)10-19-2/h3-8H,9-10H2,1-2H3,(H3,16,17,18). The Labute approximate surface area is 123 Å². The summed E-state index contributed by atoms with van der Waals surface area (Å²) in [6.45, 7) is 3.23. The molecule has 20 heavy (non-hydrogen) atoms. The number of ether oxygens (including phenoxy) is 1. The van der Waals surface area contributed by atoms with E-state index in [-0.39, 0.29) is 0 Å². The van der Waals surface area contributed by atoms with Crippen molar-refractivity contribution in [2.24, 2.45) is 10.7 Å². The van der Waals surface area contributed by atoms with Gasteiger partial charge in [0.15, 0.2) is 5.96 Å². The van der Waals surface area contributed by atoms with E-state index in [9.17, 15) is 0 Å². The van der Waals surface area contributed by atoms with E-state index in [1.807, 2.05) is 24.3 Å². The van der Waals surface area contributed by atoms with Gasteiger partial charge in [0.05, 0.1) is 13.2 Å². The molecule has 0 bridgehead atoms. The zero-order valence-corrected chi connectivity index (χ0v) is 12.5. The maximum Gasteiger partial charge on any atom is 0.193 e. The minimum Gasteiger partial charge on any atom is -0.380 e. The zero-order valence-electron chi connectivity index (χ0n) is 11.7. The zero-order chi connectivity index (χ0) is 14.4. The predicted octanol–water partition coefficient (Wildman–Crippen LogP) is 3.13. The van der Waals surface area contributed by atoms with E-state index >= 15 is 0 Å². The van der Waals surface area contributed by atoms with Crippen LogP contribution in [0.15, 0.2) is 40.7 Å². The van der Waals surface area contributed by atoms with Crippen molar-refractivity contribution in [2.45, 2.75) is 20.1 Å². The van der Waals surface area contributed by atoms with Crippen LogP contribution in [0.2, 0.25) is 0 Å². The highest BCUT2D eigenvalue weighted by Crippen LogP contribution is 2.17. The highest BCUT2D eigenvalue weighted by Gasteiger charge is 2.03. The molecule has 0 unspecified atom stereocenters. The number of nitrogens with two attached hydrogens (primary N) is 1. The van der Waals surface area contributed by atoms with Crippen LogP contribution in [0.5, 0.6) is 0 Å². The van der Waals surface area contributed by atoms with Crippen molar-refractivity contribution in [3.63, 3.8) is 0 Å². The molecule has 0 fully saturated rings. The average molecular weight is 289 g/mol. The van der Waals surface area contributed by atoms with E-state index in [1.165, 1.54) is 10.4 Å². The molecule has 1 aromatic heterocycles. The second kappa shape index (κ2) is 7.07. The SMILES string of the molecule is COCc1ccccc1NC(N)=NCc1sccc1C. The minimum absolute atomic E-state index is 0.418. The lowest BCUT2D eigenvalue weighted by molar-refractivity contribution is 0.185. The number of methoxy groups -OCH3 is 1. The Morgan fingerprint density at radius 2 is 2.15 bits per heavy atom. The van der Waals surface area contributed by atoms with Gasteiger partial charge in [0.2, 0.25) is 0 Å². The second-order valence-electron chi connectivity index (χ2n) is 4.44. The Kier molecular flexibility index (Phi) is 5.15. The van der Waals surface area contributed by atoms with Gasteiger partial charge in [-0.2, -0.15) is 0 Å². The largest absolute Gasteiger partial charge is 0.380 e. The molecule has 0 spiro atoms. The Morgan fingerprint density at radius 3 is 2.85 bits per heavy atom. The topological polar surface area (TPSA) is 59.6 Å². The molecule has 2 rings (SSSR count). The molecule has 1 heterocycles. The average Bonchev–Trinajstić information content (AvgIpc) is 2.84. The van der Waals surface area contributed by atoms with Crippen LogP contribution in [0.4, 0.5) is 5.69 Å². The van der Waals surface area contributed by atoms with Gasteiger partial charge in [-0.3, -0.25) is 0 Å². The number of guanidine groups is 1. The summed E-state index contributed by atoms with van der Waals surface area (Å²) in [5.41, 5.74) is 9.18. The molecular weight excluding hydrogens is 270 g/mol. The Balaban J connectivity index is 2.04. The van der Waals surface area contributed by atoms with Crippen molar-refractivity contribution in [3.05, 3.63) is 51.7 Å². The molecule has 4 nitrogen and oxygen atoms in total. The van der Waals surface area contributed by atoms with Gasteiger partial charge < -0.3 is 15.8 Å². The van der Waals surface area contributed by atoms with Crippen molar-refractivity contribution >= 4 is 23.0 Å². The van der Waals surface area contributed by atoms with Crippen molar-refractivity contribution < 1.29 is 4.74 Å². The van der Waals surface area contributed by atoms with Gasteiger partial charge in [-0.1, -0.05) is 18.2 Å². The van der Waals surface area contributed by atoms with Crippen molar-refractivity contribution in [1.82, 2.24) is 0 Å². The quantitative estimate of drug-likeness (QED) is 0.656. The highest BCUT2D eigenvalue weighted by molar-refractivity contribution is 7.10. The van der Waals surface area contributed by atoms with Gasteiger partial charge in [-0.15, -0.1) is 11.3 Å². The fourth-order valence-corrected chi connectivity index (χ4v) is 2.65. The van der Waals surface area contributed by atoms with Gasteiger partial charge in [0, 0.05) is 23.2 Å². The third kappa shape index (κ3) is 3.82. The van der Waals surface area contributed by atoms with E-state index < -0.39 is 0 Å². The lowest BCUT2D eigenvalue weighted by Crippen LogP contribution is -2.23. The number of nitrogens with zero attached hydrogens (tertiary/aromatic N) is 1. The molecular formula is C15H19N3OS. The molecule has 3 N–H and O–H groups in total. The molecule has 0 atom stereocenters. The molecule has 0 aliphatic heterocycles. The summed E-state index contributed by atoms with van der Waals surface area (Å²) in [5, 5.41) is 5.20. The summed E-state index contributed by atoms with van der Waals surface area (Å²) < 4.78 is 5.17. The van der Waals surface area contributed by atoms with Gasteiger partial charge in [0.25, 0.3) is 0 Å². The maximum absolute atomic E-state index is 5.94. The molecule has 106 valence electrons. The molecule has 0 radical (unpaired) electrons. The number of para-hydroxylation sites is 1. The van der Waals surface area contributed by atoms with Gasteiger partial charge in [-0.25, -0.2) is 4.99 Å². The molecule has 1 aromatic carbocycles. The van der Waals surface area contributed by atoms with Crippen molar-refractivity contribution in [1.29, 1.82) is 0 Å². The second-order valence-corrected chi connectivity index (χ2v) is 5.44. The van der Waals surface area contributed by atoms with E-state index in [4.69, 9.17) is 10.5 Å².